The number of hydrogen-bond acceptors (Lipinski definition) is 3. The standard InChI is InChI=1S/C16H22N4O2/c1-17-9-6-15(21)19-10-7-12(8-11-19)20-14-5-3-2-4-13(14)18-16(20)22/h2-5,12,17H,6-11H2,1H3,(H,18,22). The van der Waals surface area contributed by atoms with Crippen molar-refractivity contribution in [3.63, 3.8) is 0 Å². The van der Waals surface area contributed by atoms with Gasteiger partial charge < -0.3 is 15.2 Å². The second-order valence-electron chi connectivity index (χ2n) is 5.78. The average Bonchev–Trinajstić information content (AvgIpc) is 2.88. The molecule has 6 nitrogen and oxygen atoms in total. The van der Waals surface area contributed by atoms with Gasteiger partial charge in [0.25, 0.3) is 0 Å². The molecule has 22 heavy (non-hydrogen) atoms. The van der Waals surface area contributed by atoms with Crippen molar-refractivity contribution >= 4 is 16.9 Å². The molecule has 3 rings (SSSR count). The van der Waals surface area contributed by atoms with E-state index >= 15 is 0 Å². The number of carbonyl (C=O) groups excluding carboxylic acids is 1. The number of likely N-dealkylation sites (tertiary alicyclic amines) is 1. The zero-order valence-electron chi connectivity index (χ0n) is 12.8. The number of amides is 1. The van der Waals surface area contributed by atoms with Gasteiger partial charge >= 0.3 is 5.69 Å². The molecule has 1 aliphatic heterocycles. The number of aromatic nitrogens is 2. The van der Waals surface area contributed by atoms with Crippen LogP contribution >= 0.6 is 0 Å². The molecule has 1 aromatic carbocycles. The maximum absolute atomic E-state index is 12.2. The van der Waals surface area contributed by atoms with Crippen molar-refractivity contribution in [2.24, 2.45) is 0 Å². The summed E-state index contributed by atoms with van der Waals surface area (Å²) < 4.78 is 1.85. The van der Waals surface area contributed by atoms with Crippen LogP contribution in [0.3, 0.4) is 0 Å². The number of nitrogens with one attached hydrogen (secondary N) is 2. The van der Waals surface area contributed by atoms with Gasteiger partial charge in [0, 0.05) is 32.1 Å². The minimum atomic E-state index is -0.0545. The highest BCUT2D eigenvalue weighted by Gasteiger charge is 2.25. The Bertz CT molecular complexity index is 710. The number of imidazole rings is 1. The third-order valence-electron chi connectivity index (χ3n) is 4.40. The first-order chi connectivity index (χ1) is 10.7. The lowest BCUT2D eigenvalue weighted by Crippen LogP contribution is -2.41. The fourth-order valence-electron chi connectivity index (χ4n) is 3.20. The molecule has 1 aromatic heterocycles. The van der Waals surface area contributed by atoms with Crippen LogP contribution in [-0.4, -0.2) is 47.0 Å². The molecule has 0 radical (unpaired) electrons. The quantitative estimate of drug-likeness (QED) is 0.888. The normalized spacial score (nSPS) is 16.3. The first kappa shape index (κ1) is 14.8. The molecule has 0 bridgehead atoms. The molecule has 1 fully saturated rings. The molecule has 2 aromatic rings. The molecule has 1 amide bonds. The molecule has 0 aliphatic carbocycles. The Morgan fingerprint density at radius 1 is 1.32 bits per heavy atom. The summed E-state index contributed by atoms with van der Waals surface area (Å²) in [4.78, 5) is 29.1. The summed E-state index contributed by atoms with van der Waals surface area (Å²) in [5.41, 5.74) is 1.77. The maximum Gasteiger partial charge on any atom is 0.326 e. The lowest BCUT2D eigenvalue weighted by Gasteiger charge is -2.32. The number of benzene rings is 1. The molecule has 1 saturated heterocycles. The van der Waals surface area contributed by atoms with Gasteiger partial charge in [-0.25, -0.2) is 4.79 Å². The van der Waals surface area contributed by atoms with Crippen LogP contribution in [0, 0.1) is 0 Å². The summed E-state index contributed by atoms with van der Waals surface area (Å²) in [7, 11) is 1.85. The second-order valence-corrected chi connectivity index (χ2v) is 5.78. The van der Waals surface area contributed by atoms with Gasteiger partial charge in [-0.05, 0) is 32.0 Å². The van der Waals surface area contributed by atoms with E-state index in [1.54, 1.807) is 0 Å². The lowest BCUT2D eigenvalue weighted by atomic mass is 10.0. The van der Waals surface area contributed by atoms with Gasteiger partial charge in [-0.2, -0.15) is 0 Å². The van der Waals surface area contributed by atoms with E-state index in [-0.39, 0.29) is 17.6 Å². The predicted molar refractivity (Wildman–Crippen MR) is 86.0 cm³/mol. The molecular weight excluding hydrogens is 280 g/mol. The molecule has 1 aliphatic rings. The third-order valence-corrected chi connectivity index (χ3v) is 4.40. The highest BCUT2D eigenvalue weighted by Crippen LogP contribution is 2.24. The van der Waals surface area contributed by atoms with Gasteiger partial charge in [-0.1, -0.05) is 12.1 Å². The number of H-pyrrole nitrogens is 1. The van der Waals surface area contributed by atoms with Crippen LogP contribution in [0.25, 0.3) is 11.0 Å². The van der Waals surface area contributed by atoms with E-state index in [1.807, 2.05) is 40.8 Å². The number of hydrogen-bond donors (Lipinski definition) is 2. The summed E-state index contributed by atoms with van der Waals surface area (Å²) in [6.07, 6.45) is 2.19. The molecule has 118 valence electrons. The number of aromatic amines is 1. The Morgan fingerprint density at radius 3 is 2.77 bits per heavy atom. The van der Waals surface area contributed by atoms with Crippen LogP contribution < -0.4 is 11.0 Å². The van der Waals surface area contributed by atoms with Gasteiger partial charge in [-0.3, -0.25) is 9.36 Å². The molecule has 0 atom stereocenters. The van der Waals surface area contributed by atoms with E-state index in [1.165, 1.54) is 0 Å². The Balaban J connectivity index is 1.72. The topological polar surface area (TPSA) is 70.1 Å². The van der Waals surface area contributed by atoms with Crippen molar-refractivity contribution in [1.82, 2.24) is 19.8 Å². The molecule has 6 heteroatoms. The van der Waals surface area contributed by atoms with Crippen molar-refractivity contribution < 1.29 is 4.79 Å². The highest BCUT2D eigenvalue weighted by atomic mass is 16.2. The summed E-state index contributed by atoms with van der Waals surface area (Å²) in [5.74, 6) is 0.194. The zero-order valence-corrected chi connectivity index (χ0v) is 12.8. The summed E-state index contributed by atoms with van der Waals surface area (Å²) in [6, 6.07) is 7.92. The largest absolute Gasteiger partial charge is 0.343 e. The number of piperidine rings is 1. The fourth-order valence-corrected chi connectivity index (χ4v) is 3.20. The number of carbonyl (C=O) groups is 1. The molecule has 0 saturated carbocycles. The highest BCUT2D eigenvalue weighted by molar-refractivity contribution is 5.77. The molecule has 0 spiro atoms. The second kappa shape index (κ2) is 6.36. The van der Waals surface area contributed by atoms with Crippen LogP contribution in [-0.2, 0) is 4.79 Å². The monoisotopic (exact) mass is 302 g/mol. The van der Waals surface area contributed by atoms with Crippen LogP contribution in [0.4, 0.5) is 0 Å². The number of para-hydroxylation sites is 2. The maximum atomic E-state index is 12.2. The zero-order chi connectivity index (χ0) is 15.5. The van der Waals surface area contributed by atoms with Crippen LogP contribution in [0.5, 0.6) is 0 Å². The first-order valence-electron chi connectivity index (χ1n) is 7.82. The molecule has 0 unspecified atom stereocenters. The van der Waals surface area contributed by atoms with E-state index in [2.05, 4.69) is 10.3 Å². The van der Waals surface area contributed by atoms with Gasteiger partial charge in [0.15, 0.2) is 0 Å². The smallest absolute Gasteiger partial charge is 0.326 e. The van der Waals surface area contributed by atoms with E-state index in [9.17, 15) is 9.59 Å². The first-order valence-corrected chi connectivity index (χ1v) is 7.82. The van der Waals surface area contributed by atoms with E-state index < -0.39 is 0 Å². The van der Waals surface area contributed by atoms with Crippen LogP contribution in [0.2, 0.25) is 0 Å². The fraction of sp³-hybridized carbons (Fsp3) is 0.500. The number of rotatable bonds is 4. The van der Waals surface area contributed by atoms with E-state index in [4.69, 9.17) is 0 Å². The van der Waals surface area contributed by atoms with E-state index in [0.29, 0.717) is 13.0 Å². The van der Waals surface area contributed by atoms with Crippen molar-refractivity contribution in [1.29, 1.82) is 0 Å². The molecular formula is C16H22N4O2. The van der Waals surface area contributed by atoms with Crippen LogP contribution in [0.1, 0.15) is 25.3 Å². The van der Waals surface area contributed by atoms with Crippen molar-refractivity contribution in [3.05, 3.63) is 34.7 Å². The van der Waals surface area contributed by atoms with Gasteiger partial charge in [0.1, 0.15) is 0 Å². The molecule has 2 N–H and O–H groups in total. The Labute approximate surface area is 129 Å². The van der Waals surface area contributed by atoms with Crippen molar-refractivity contribution in [2.45, 2.75) is 25.3 Å². The Morgan fingerprint density at radius 2 is 2.05 bits per heavy atom. The van der Waals surface area contributed by atoms with Gasteiger partial charge in [0.2, 0.25) is 5.91 Å². The van der Waals surface area contributed by atoms with Crippen LogP contribution in [0.15, 0.2) is 29.1 Å². The minimum Gasteiger partial charge on any atom is -0.343 e. The van der Waals surface area contributed by atoms with Crippen molar-refractivity contribution in [2.75, 3.05) is 26.7 Å². The Kier molecular flexibility index (Phi) is 4.29. The SMILES string of the molecule is CNCCC(=O)N1CCC(n2c(=O)[nH]c3ccccc32)CC1. The number of nitrogens with zero attached hydrogens (tertiary/aromatic N) is 2. The number of fused-ring (bicyclic) bond motifs is 1. The minimum absolute atomic E-state index is 0.0545. The summed E-state index contributed by atoms with van der Waals surface area (Å²) in [6.45, 7) is 2.15. The van der Waals surface area contributed by atoms with Gasteiger partial charge in [-0.15, -0.1) is 0 Å². The summed E-state index contributed by atoms with van der Waals surface area (Å²) >= 11 is 0. The Hall–Kier alpha value is -2.08. The van der Waals surface area contributed by atoms with E-state index in [0.717, 1.165) is 37.0 Å². The predicted octanol–water partition coefficient (Wildman–Crippen LogP) is 1.10. The third kappa shape index (κ3) is 2.78. The van der Waals surface area contributed by atoms with Gasteiger partial charge in [0.05, 0.1) is 11.0 Å². The summed E-state index contributed by atoms with van der Waals surface area (Å²) in [5, 5.41) is 3.00. The average molecular weight is 302 g/mol. The molecule has 2 heterocycles. The van der Waals surface area contributed by atoms with Crippen molar-refractivity contribution in [3.8, 4) is 0 Å². The lowest BCUT2D eigenvalue weighted by molar-refractivity contribution is -0.132.